The average molecular weight is 436 g/mol. The van der Waals surface area contributed by atoms with Crippen LogP contribution >= 0.6 is 11.3 Å². The summed E-state index contributed by atoms with van der Waals surface area (Å²) in [5.74, 6) is 2.64. The Hall–Kier alpha value is -2.92. The largest absolute Gasteiger partial charge is 0.392 e. The van der Waals surface area contributed by atoms with E-state index in [1.165, 1.54) is 0 Å². The number of aliphatic hydroxyl groups is 1. The number of aliphatic hydroxyl groups excluding tert-OH is 1. The topological polar surface area (TPSA) is 76.6 Å². The Kier molecular flexibility index (Phi) is 6.23. The van der Waals surface area contributed by atoms with Gasteiger partial charge in [0.15, 0.2) is 0 Å². The number of nitrogens with one attached hydrogen (secondary N) is 1. The number of thiazole rings is 1. The average Bonchev–Trinajstić information content (AvgIpc) is 3.35. The quantitative estimate of drug-likeness (QED) is 0.583. The van der Waals surface area contributed by atoms with Crippen molar-refractivity contribution < 1.29 is 9.90 Å². The first-order valence-electron chi connectivity index (χ1n) is 10.3. The van der Waals surface area contributed by atoms with E-state index in [1.807, 2.05) is 49.5 Å². The monoisotopic (exact) mass is 435 g/mol. The van der Waals surface area contributed by atoms with Crippen molar-refractivity contribution in [1.29, 1.82) is 0 Å². The molecular weight excluding hydrogens is 410 g/mol. The molecule has 0 aliphatic carbocycles. The van der Waals surface area contributed by atoms with Crippen LogP contribution in [-0.2, 0) is 11.2 Å². The van der Waals surface area contributed by atoms with Gasteiger partial charge in [-0.1, -0.05) is 35.5 Å². The highest BCUT2D eigenvalue weighted by Crippen LogP contribution is 2.25. The number of likely N-dealkylation sites (N-methyl/N-ethyl adjacent to an activating group) is 1. The van der Waals surface area contributed by atoms with Crippen molar-refractivity contribution >= 4 is 27.5 Å². The number of hydrogen-bond acceptors (Lipinski definition) is 5. The van der Waals surface area contributed by atoms with Gasteiger partial charge >= 0.3 is 4.87 Å². The van der Waals surface area contributed by atoms with Gasteiger partial charge < -0.3 is 15.0 Å². The predicted octanol–water partition coefficient (Wildman–Crippen LogP) is 2.38. The number of carbonyl (C=O) groups excluding carboxylic acids is 1. The van der Waals surface area contributed by atoms with E-state index in [4.69, 9.17) is 6.42 Å². The lowest BCUT2D eigenvalue weighted by atomic mass is 10.0. The first-order valence-corrected chi connectivity index (χ1v) is 11.1. The maximum absolute atomic E-state index is 13.2. The number of aromatic amines is 1. The number of nitrogens with zero attached hydrogens (tertiary/aromatic N) is 2. The fourth-order valence-corrected chi connectivity index (χ4v) is 4.81. The van der Waals surface area contributed by atoms with Gasteiger partial charge in [-0.05, 0) is 41.8 Å². The number of β-amino-alcohol motifs (C(OH)–C–C–N with tert-alkyl or cyclic N) is 1. The van der Waals surface area contributed by atoms with Crippen molar-refractivity contribution in [3.8, 4) is 12.3 Å². The molecule has 6 nitrogen and oxygen atoms in total. The second-order valence-electron chi connectivity index (χ2n) is 8.01. The number of hydrogen-bond donors (Lipinski definition) is 2. The molecule has 1 saturated heterocycles. The highest BCUT2D eigenvalue weighted by Gasteiger charge is 2.28. The zero-order valence-electron chi connectivity index (χ0n) is 17.4. The number of fused-ring (bicyclic) bond motifs is 1. The highest BCUT2D eigenvalue weighted by atomic mass is 32.1. The smallest absolute Gasteiger partial charge is 0.305 e. The molecule has 2 heterocycles. The molecule has 160 valence electrons. The van der Waals surface area contributed by atoms with Crippen LogP contribution in [0.25, 0.3) is 10.2 Å². The Labute approximate surface area is 185 Å². The third-order valence-electron chi connectivity index (χ3n) is 5.82. The van der Waals surface area contributed by atoms with Gasteiger partial charge in [0.2, 0.25) is 5.91 Å². The molecule has 3 aromatic rings. The van der Waals surface area contributed by atoms with Gasteiger partial charge in [-0.25, -0.2) is 0 Å². The molecule has 2 N–H and O–H groups in total. The minimum atomic E-state index is -0.321. The predicted molar refractivity (Wildman–Crippen MR) is 123 cm³/mol. The third-order valence-corrected chi connectivity index (χ3v) is 6.68. The van der Waals surface area contributed by atoms with E-state index in [2.05, 4.69) is 15.8 Å². The number of likely N-dealkylation sites (tertiary alicyclic amines) is 1. The fraction of sp³-hybridized carbons (Fsp3) is 0.333. The number of H-pyrrole nitrogens is 1. The van der Waals surface area contributed by atoms with E-state index in [1.54, 1.807) is 4.90 Å². The number of terminal acetylenes is 1. The molecule has 0 saturated carbocycles. The Morgan fingerprint density at radius 1 is 1.39 bits per heavy atom. The SMILES string of the molecule is C#Cc1cccc([C@@H](CN2CCC(O)C2)N(C)C(=O)Cc2ccc3sc(=O)[nH]c3c2)c1. The standard InChI is InChI=1S/C24H25N3O3S/c1-3-16-5-4-6-18(11-16)21(15-27-10-9-19(28)14-27)26(2)23(29)13-17-7-8-22-20(12-17)25-24(30)31-22/h1,4-8,11-12,19,21,28H,9-10,13-15H2,2H3,(H,25,30)/t19?,21-/m1/s1. The van der Waals surface area contributed by atoms with Crippen LogP contribution in [0.3, 0.4) is 0 Å². The van der Waals surface area contributed by atoms with E-state index in [-0.39, 0.29) is 29.3 Å². The van der Waals surface area contributed by atoms with Crippen molar-refractivity contribution in [2.24, 2.45) is 0 Å². The zero-order valence-corrected chi connectivity index (χ0v) is 18.2. The van der Waals surface area contributed by atoms with E-state index >= 15 is 0 Å². The fourth-order valence-electron chi connectivity index (χ4n) is 4.09. The van der Waals surface area contributed by atoms with Gasteiger partial charge in [-0.3, -0.25) is 14.5 Å². The van der Waals surface area contributed by atoms with E-state index < -0.39 is 0 Å². The van der Waals surface area contributed by atoms with Crippen LogP contribution < -0.4 is 4.87 Å². The van der Waals surface area contributed by atoms with Crippen LogP contribution in [-0.4, -0.2) is 58.6 Å². The minimum Gasteiger partial charge on any atom is -0.392 e. The Morgan fingerprint density at radius 2 is 2.23 bits per heavy atom. The molecule has 0 radical (unpaired) electrons. The summed E-state index contributed by atoms with van der Waals surface area (Å²) in [5.41, 5.74) is 3.36. The van der Waals surface area contributed by atoms with Gasteiger partial charge in [-0.15, -0.1) is 6.42 Å². The van der Waals surface area contributed by atoms with Crippen LogP contribution in [0.4, 0.5) is 0 Å². The Morgan fingerprint density at radius 3 is 2.97 bits per heavy atom. The zero-order chi connectivity index (χ0) is 22.0. The number of aromatic nitrogens is 1. The first kappa shape index (κ1) is 21.3. The third kappa shape index (κ3) is 4.88. The van der Waals surface area contributed by atoms with Crippen molar-refractivity contribution in [2.45, 2.75) is 25.0 Å². The van der Waals surface area contributed by atoms with Crippen LogP contribution in [0.1, 0.15) is 29.2 Å². The molecule has 4 rings (SSSR count). The number of carbonyl (C=O) groups is 1. The summed E-state index contributed by atoms with van der Waals surface area (Å²) >= 11 is 1.16. The van der Waals surface area contributed by atoms with Crippen LogP contribution in [0.2, 0.25) is 0 Å². The van der Waals surface area contributed by atoms with E-state index in [0.717, 1.165) is 51.2 Å². The number of rotatable bonds is 6. The summed E-state index contributed by atoms with van der Waals surface area (Å²) in [5, 5.41) is 9.92. The van der Waals surface area contributed by atoms with Gasteiger partial charge in [0, 0.05) is 32.2 Å². The molecule has 7 heteroatoms. The molecule has 31 heavy (non-hydrogen) atoms. The molecule has 0 bridgehead atoms. The van der Waals surface area contributed by atoms with Gasteiger partial charge in [-0.2, -0.15) is 0 Å². The van der Waals surface area contributed by atoms with E-state index in [0.29, 0.717) is 13.1 Å². The van der Waals surface area contributed by atoms with Crippen molar-refractivity contribution in [1.82, 2.24) is 14.8 Å². The molecule has 2 aromatic carbocycles. The summed E-state index contributed by atoms with van der Waals surface area (Å²) in [6.07, 6.45) is 6.24. The first-order chi connectivity index (χ1) is 14.9. The number of benzene rings is 2. The van der Waals surface area contributed by atoms with Gasteiger partial charge in [0.05, 0.1) is 28.8 Å². The molecule has 1 fully saturated rings. The van der Waals surface area contributed by atoms with E-state index in [9.17, 15) is 14.7 Å². The summed E-state index contributed by atoms with van der Waals surface area (Å²) in [6, 6.07) is 13.2. The lowest BCUT2D eigenvalue weighted by molar-refractivity contribution is -0.131. The molecule has 1 aromatic heterocycles. The molecule has 1 amide bonds. The normalized spacial score (nSPS) is 17.5. The second kappa shape index (κ2) is 9.06. The molecular formula is C24H25N3O3S. The summed E-state index contributed by atoms with van der Waals surface area (Å²) in [6.45, 7) is 2.04. The summed E-state index contributed by atoms with van der Waals surface area (Å²) in [4.78, 5) is 31.4. The molecule has 1 aliphatic rings. The lowest BCUT2D eigenvalue weighted by Crippen LogP contribution is -2.39. The minimum absolute atomic E-state index is 0.0206. The van der Waals surface area contributed by atoms with Crippen LogP contribution in [0.5, 0.6) is 0 Å². The van der Waals surface area contributed by atoms with Crippen molar-refractivity contribution in [3.63, 3.8) is 0 Å². The van der Waals surface area contributed by atoms with Gasteiger partial charge in [0.25, 0.3) is 0 Å². The summed E-state index contributed by atoms with van der Waals surface area (Å²) in [7, 11) is 1.81. The van der Waals surface area contributed by atoms with Crippen molar-refractivity contribution in [2.75, 3.05) is 26.7 Å². The van der Waals surface area contributed by atoms with Crippen LogP contribution in [0, 0.1) is 12.3 Å². The molecule has 1 unspecified atom stereocenters. The molecule has 1 aliphatic heterocycles. The van der Waals surface area contributed by atoms with Crippen molar-refractivity contribution in [3.05, 3.63) is 68.8 Å². The summed E-state index contributed by atoms with van der Waals surface area (Å²) < 4.78 is 0.881. The Balaban J connectivity index is 1.56. The Bertz CT molecular complexity index is 1190. The molecule has 0 spiro atoms. The highest BCUT2D eigenvalue weighted by molar-refractivity contribution is 7.16. The van der Waals surface area contributed by atoms with Crippen LogP contribution in [0.15, 0.2) is 47.3 Å². The lowest BCUT2D eigenvalue weighted by Gasteiger charge is -2.32. The number of amides is 1. The second-order valence-corrected chi connectivity index (χ2v) is 9.03. The maximum Gasteiger partial charge on any atom is 0.305 e. The molecule has 2 atom stereocenters. The van der Waals surface area contributed by atoms with Gasteiger partial charge in [0.1, 0.15) is 0 Å². The maximum atomic E-state index is 13.2.